The molecule has 0 saturated heterocycles. The monoisotopic (exact) mass is 251 g/mol. The molecule has 1 aromatic rings. The molecular formula is C8H10ClNO4S. The van der Waals surface area contributed by atoms with Crippen molar-refractivity contribution >= 4 is 25.7 Å². The van der Waals surface area contributed by atoms with Crippen molar-refractivity contribution in [3.8, 4) is 0 Å². The molecule has 5 nitrogen and oxygen atoms in total. The number of halogens is 1. The number of esters is 1. The highest BCUT2D eigenvalue weighted by Crippen LogP contribution is 2.23. The van der Waals surface area contributed by atoms with E-state index in [1.165, 1.54) is 17.7 Å². The Morgan fingerprint density at radius 2 is 2.07 bits per heavy atom. The molecule has 0 aliphatic rings. The van der Waals surface area contributed by atoms with Crippen LogP contribution in [0.2, 0.25) is 0 Å². The van der Waals surface area contributed by atoms with Gasteiger partial charge >= 0.3 is 5.97 Å². The Morgan fingerprint density at radius 1 is 1.53 bits per heavy atom. The molecule has 0 aromatic carbocycles. The van der Waals surface area contributed by atoms with Gasteiger partial charge < -0.3 is 9.30 Å². The third-order valence-electron chi connectivity index (χ3n) is 2.15. The third-order valence-corrected chi connectivity index (χ3v) is 3.58. The Kier molecular flexibility index (Phi) is 3.11. The summed E-state index contributed by atoms with van der Waals surface area (Å²) in [7, 11) is 4.15. The van der Waals surface area contributed by atoms with E-state index in [1.54, 1.807) is 14.0 Å². The third kappa shape index (κ3) is 2.15. The summed E-state index contributed by atoms with van der Waals surface area (Å²) in [6.45, 7) is 1.56. The summed E-state index contributed by atoms with van der Waals surface area (Å²) in [6.07, 6.45) is 0. The van der Waals surface area contributed by atoms with Gasteiger partial charge in [0.2, 0.25) is 0 Å². The van der Waals surface area contributed by atoms with Crippen LogP contribution in [0.1, 0.15) is 16.2 Å². The fraction of sp³-hybridized carbons (Fsp3) is 0.375. The Balaban J connectivity index is 3.44. The lowest BCUT2D eigenvalue weighted by atomic mass is 10.4. The molecular weight excluding hydrogens is 242 g/mol. The molecule has 0 aliphatic heterocycles. The summed E-state index contributed by atoms with van der Waals surface area (Å²) in [5.74, 6) is -0.604. The highest BCUT2D eigenvalue weighted by atomic mass is 35.7. The van der Waals surface area contributed by atoms with Gasteiger partial charge in [-0.05, 0) is 13.0 Å². The Hall–Kier alpha value is -1.01. The van der Waals surface area contributed by atoms with Crippen molar-refractivity contribution in [1.29, 1.82) is 0 Å². The van der Waals surface area contributed by atoms with Gasteiger partial charge in [-0.2, -0.15) is 0 Å². The Labute approximate surface area is 92.0 Å². The molecule has 0 fully saturated rings. The van der Waals surface area contributed by atoms with Gasteiger partial charge in [-0.1, -0.05) is 0 Å². The van der Waals surface area contributed by atoms with Gasteiger partial charge in [0.25, 0.3) is 9.05 Å². The summed E-state index contributed by atoms with van der Waals surface area (Å²) in [5, 5.41) is 0. The highest BCUT2D eigenvalue weighted by molar-refractivity contribution is 8.13. The predicted octanol–water partition coefficient (Wildman–Crippen LogP) is 1.05. The number of rotatable bonds is 2. The molecule has 0 atom stereocenters. The zero-order valence-electron chi connectivity index (χ0n) is 8.44. The lowest BCUT2D eigenvalue weighted by molar-refractivity contribution is 0.0589. The van der Waals surface area contributed by atoms with Crippen LogP contribution in [0, 0.1) is 6.92 Å². The zero-order valence-corrected chi connectivity index (χ0v) is 10.0. The largest absolute Gasteiger partial charge is 0.464 e. The number of aromatic nitrogens is 1. The summed E-state index contributed by atoms with van der Waals surface area (Å²) < 4.78 is 28.2. The lowest BCUT2D eigenvalue weighted by Crippen LogP contribution is -2.07. The molecule has 0 radical (unpaired) electrons. The second kappa shape index (κ2) is 3.86. The van der Waals surface area contributed by atoms with Crippen LogP contribution in [0.5, 0.6) is 0 Å². The van der Waals surface area contributed by atoms with Crippen molar-refractivity contribution in [2.45, 2.75) is 11.8 Å². The van der Waals surface area contributed by atoms with E-state index in [0.717, 1.165) is 0 Å². The van der Waals surface area contributed by atoms with Crippen molar-refractivity contribution in [3.63, 3.8) is 0 Å². The Bertz CT molecular complexity index is 503. The molecule has 1 aromatic heterocycles. The second-order valence-electron chi connectivity index (χ2n) is 2.97. The number of carbonyl (C=O) groups excluding carboxylic acids is 1. The maximum absolute atomic E-state index is 11.2. The van der Waals surface area contributed by atoms with Gasteiger partial charge in [0.05, 0.1) is 7.11 Å². The van der Waals surface area contributed by atoms with Crippen LogP contribution in [-0.4, -0.2) is 26.1 Å². The molecule has 0 bridgehead atoms. The summed E-state index contributed by atoms with van der Waals surface area (Å²) >= 11 is 0. The van der Waals surface area contributed by atoms with Crippen molar-refractivity contribution < 1.29 is 17.9 Å². The molecule has 0 aliphatic carbocycles. The Morgan fingerprint density at radius 3 is 2.40 bits per heavy atom. The average Bonchev–Trinajstić information content (AvgIpc) is 2.42. The van der Waals surface area contributed by atoms with Crippen molar-refractivity contribution in [1.82, 2.24) is 4.57 Å². The highest BCUT2D eigenvalue weighted by Gasteiger charge is 2.22. The fourth-order valence-corrected chi connectivity index (χ4v) is 2.43. The molecule has 0 N–H and O–H groups in total. The molecule has 0 unspecified atom stereocenters. The topological polar surface area (TPSA) is 65.4 Å². The summed E-state index contributed by atoms with van der Waals surface area (Å²) in [5.41, 5.74) is 0.541. The van der Waals surface area contributed by atoms with E-state index in [-0.39, 0.29) is 10.6 Å². The van der Waals surface area contributed by atoms with Crippen LogP contribution < -0.4 is 0 Å². The van der Waals surface area contributed by atoms with Crippen molar-refractivity contribution in [2.75, 3.05) is 7.11 Å². The number of nitrogens with zero attached hydrogens (tertiary/aromatic N) is 1. The van der Waals surface area contributed by atoms with E-state index in [0.29, 0.717) is 5.69 Å². The van der Waals surface area contributed by atoms with Crippen LogP contribution in [0.15, 0.2) is 11.0 Å². The van der Waals surface area contributed by atoms with Gasteiger partial charge in [-0.3, -0.25) is 0 Å². The predicted molar refractivity (Wildman–Crippen MR) is 54.5 cm³/mol. The van der Waals surface area contributed by atoms with Crippen molar-refractivity contribution in [3.05, 3.63) is 17.5 Å². The second-order valence-corrected chi connectivity index (χ2v) is 5.50. The number of carbonyl (C=O) groups is 1. The van der Waals surface area contributed by atoms with E-state index >= 15 is 0 Å². The standard InChI is InChI=1S/C8H10ClNO4S/c1-5-7(15(9,12)13)4-6(10(5)2)8(11)14-3/h4H,1-3H3. The van der Waals surface area contributed by atoms with Gasteiger partial charge in [-0.25, -0.2) is 13.2 Å². The zero-order chi connectivity index (χ0) is 11.8. The first kappa shape index (κ1) is 12.1. The van der Waals surface area contributed by atoms with E-state index in [9.17, 15) is 13.2 Å². The quantitative estimate of drug-likeness (QED) is 0.582. The van der Waals surface area contributed by atoms with Gasteiger partial charge in [0.15, 0.2) is 0 Å². The maximum atomic E-state index is 11.2. The normalized spacial score (nSPS) is 11.5. The van der Waals surface area contributed by atoms with E-state index in [2.05, 4.69) is 4.74 Å². The number of ether oxygens (including phenoxy) is 1. The average molecular weight is 252 g/mol. The SMILES string of the molecule is COC(=O)c1cc(S(=O)(=O)Cl)c(C)n1C. The minimum absolute atomic E-state index is 0.0768. The summed E-state index contributed by atoms with van der Waals surface area (Å²) in [6, 6.07) is 1.20. The van der Waals surface area contributed by atoms with Crippen LogP contribution in [-0.2, 0) is 20.8 Å². The summed E-state index contributed by atoms with van der Waals surface area (Å²) in [4.78, 5) is 11.2. The molecule has 7 heteroatoms. The molecule has 0 saturated carbocycles. The minimum atomic E-state index is -3.83. The number of methoxy groups -OCH3 is 1. The van der Waals surface area contributed by atoms with E-state index in [1.807, 2.05) is 0 Å². The molecule has 1 rings (SSSR count). The van der Waals surface area contributed by atoms with E-state index in [4.69, 9.17) is 10.7 Å². The molecule has 0 spiro atoms. The van der Waals surface area contributed by atoms with Gasteiger partial charge in [0.1, 0.15) is 10.6 Å². The lowest BCUT2D eigenvalue weighted by Gasteiger charge is -2.01. The first-order valence-corrected chi connectivity index (χ1v) is 6.29. The molecule has 0 amide bonds. The smallest absolute Gasteiger partial charge is 0.354 e. The maximum Gasteiger partial charge on any atom is 0.354 e. The molecule has 84 valence electrons. The fourth-order valence-electron chi connectivity index (χ4n) is 1.22. The first-order valence-electron chi connectivity index (χ1n) is 3.98. The number of hydrogen-bond acceptors (Lipinski definition) is 4. The molecule has 15 heavy (non-hydrogen) atoms. The van der Waals surface area contributed by atoms with E-state index < -0.39 is 15.0 Å². The van der Waals surface area contributed by atoms with Crippen LogP contribution in [0.25, 0.3) is 0 Å². The van der Waals surface area contributed by atoms with Gasteiger partial charge in [0, 0.05) is 23.4 Å². The first-order chi connectivity index (χ1) is 6.79. The van der Waals surface area contributed by atoms with Crippen molar-refractivity contribution in [2.24, 2.45) is 7.05 Å². The van der Waals surface area contributed by atoms with Crippen LogP contribution in [0.4, 0.5) is 0 Å². The van der Waals surface area contributed by atoms with Gasteiger partial charge in [-0.15, -0.1) is 0 Å². The van der Waals surface area contributed by atoms with Crippen LogP contribution >= 0.6 is 10.7 Å². The minimum Gasteiger partial charge on any atom is -0.464 e. The van der Waals surface area contributed by atoms with Crippen LogP contribution in [0.3, 0.4) is 0 Å². The molecule has 1 heterocycles. The number of hydrogen-bond donors (Lipinski definition) is 0.